The minimum atomic E-state index is -0.476. The second-order valence-corrected chi connectivity index (χ2v) is 6.94. The van der Waals surface area contributed by atoms with E-state index in [-0.39, 0.29) is 12.1 Å². The first-order valence-electron chi connectivity index (χ1n) is 7.44. The van der Waals surface area contributed by atoms with Crippen LogP contribution in [0.4, 0.5) is 10.6 Å². The van der Waals surface area contributed by atoms with E-state index in [1.807, 2.05) is 37.6 Å². The van der Waals surface area contributed by atoms with Crippen LogP contribution < -0.4 is 4.90 Å². The fourth-order valence-corrected chi connectivity index (χ4v) is 2.67. The molecule has 0 aromatic carbocycles. The number of likely N-dealkylation sites (tertiary alicyclic amines) is 1. The molecule has 0 bridgehead atoms. The van der Waals surface area contributed by atoms with Gasteiger partial charge < -0.3 is 14.5 Å². The number of likely N-dealkylation sites (N-methyl/N-ethyl adjacent to an activating group) is 1. The van der Waals surface area contributed by atoms with Crippen molar-refractivity contribution in [2.24, 2.45) is 0 Å². The lowest BCUT2D eigenvalue weighted by Crippen LogP contribution is -2.44. The number of carbonyl (C=O) groups is 1. The summed E-state index contributed by atoms with van der Waals surface area (Å²) in [6, 6.07) is 1.84. The molecule has 0 N–H and O–H groups in total. The van der Waals surface area contributed by atoms with Crippen LogP contribution in [0.25, 0.3) is 0 Å². The molecule has 1 aliphatic heterocycles. The molecule has 0 aliphatic carbocycles. The zero-order chi connectivity index (χ0) is 16.3. The van der Waals surface area contributed by atoms with Crippen LogP contribution >= 0.6 is 11.6 Å². The maximum absolute atomic E-state index is 12.3. The monoisotopic (exact) mass is 326 g/mol. The molecule has 1 aromatic rings. The van der Waals surface area contributed by atoms with Crippen LogP contribution in [-0.4, -0.2) is 52.7 Å². The molecule has 1 atom stereocenters. The van der Waals surface area contributed by atoms with Crippen molar-refractivity contribution in [2.75, 3.05) is 25.0 Å². The lowest BCUT2D eigenvalue weighted by atomic mass is 10.2. The molecule has 0 unspecified atom stereocenters. The summed E-state index contributed by atoms with van der Waals surface area (Å²) in [5, 5.41) is 0.410. The molecule has 22 heavy (non-hydrogen) atoms. The average Bonchev–Trinajstić information content (AvgIpc) is 2.85. The molecule has 1 aromatic heterocycles. The molecular weight excluding hydrogens is 304 g/mol. The lowest BCUT2D eigenvalue weighted by Gasteiger charge is -2.31. The van der Waals surface area contributed by atoms with Gasteiger partial charge in [-0.1, -0.05) is 11.6 Å². The summed E-state index contributed by atoms with van der Waals surface area (Å²) in [6.45, 7) is 7.06. The molecule has 1 fully saturated rings. The Kier molecular flexibility index (Phi) is 5.11. The van der Waals surface area contributed by atoms with Gasteiger partial charge in [0.15, 0.2) is 0 Å². The molecular formula is C15H23ClN4O2. The van der Waals surface area contributed by atoms with Gasteiger partial charge in [-0.2, -0.15) is 0 Å². The summed E-state index contributed by atoms with van der Waals surface area (Å²) in [6.07, 6.45) is 3.14. The molecule has 2 rings (SSSR count). The van der Waals surface area contributed by atoms with E-state index in [2.05, 4.69) is 9.97 Å². The van der Waals surface area contributed by atoms with Gasteiger partial charge in [-0.3, -0.25) is 0 Å². The van der Waals surface area contributed by atoms with E-state index in [1.165, 1.54) is 6.33 Å². The Morgan fingerprint density at radius 1 is 1.50 bits per heavy atom. The molecule has 1 saturated heterocycles. The summed E-state index contributed by atoms with van der Waals surface area (Å²) < 4.78 is 5.48. The first-order chi connectivity index (χ1) is 10.3. The third-order valence-corrected chi connectivity index (χ3v) is 3.71. The van der Waals surface area contributed by atoms with Gasteiger partial charge in [0, 0.05) is 26.2 Å². The van der Waals surface area contributed by atoms with Gasteiger partial charge in [0.2, 0.25) is 0 Å². The Morgan fingerprint density at radius 3 is 2.86 bits per heavy atom. The summed E-state index contributed by atoms with van der Waals surface area (Å²) in [7, 11) is 1.93. The van der Waals surface area contributed by atoms with Crippen molar-refractivity contribution in [2.45, 2.75) is 45.3 Å². The number of halogens is 1. The topological polar surface area (TPSA) is 58.6 Å². The smallest absolute Gasteiger partial charge is 0.410 e. The number of amides is 1. The predicted octanol–water partition coefficient (Wildman–Crippen LogP) is 2.97. The van der Waals surface area contributed by atoms with Crippen molar-refractivity contribution in [3.8, 4) is 0 Å². The SMILES string of the molecule is CN(C[C@@H]1CCCN1C(=O)OC(C)(C)C)c1cc(Cl)ncn1. The summed E-state index contributed by atoms with van der Waals surface area (Å²) in [5.41, 5.74) is -0.476. The molecule has 6 nitrogen and oxygen atoms in total. The van der Waals surface area contributed by atoms with Gasteiger partial charge >= 0.3 is 6.09 Å². The van der Waals surface area contributed by atoms with E-state index < -0.39 is 5.60 Å². The predicted molar refractivity (Wildman–Crippen MR) is 86.3 cm³/mol. The molecule has 7 heteroatoms. The highest BCUT2D eigenvalue weighted by atomic mass is 35.5. The summed E-state index contributed by atoms with van der Waals surface area (Å²) in [4.78, 5) is 24.2. The van der Waals surface area contributed by atoms with Gasteiger partial charge in [0.25, 0.3) is 0 Å². The zero-order valence-electron chi connectivity index (χ0n) is 13.5. The number of ether oxygens (including phenoxy) is 1. The Bertz CT molecular complexity index is 533. The van der Waals surface area contributed by atoms with Gasteiger partial charge in [-0.05, 0) is 33.6 Å². The quantitative estimate of drug-likeness (QED) is 0.799. The van der Waals surface area contributed by atoms with E-state index in [0.29, 0.717) is 11.7 Å². The number of rotatable bonds is 3. The second-order valence-electron chi connectivity index (χ2n) is 6.55. The van der Waals surface area contributed by atoms with Crippen molar-refractivity contribution in [3.05, 3.63) is 17.5 Å². The molecule has 0 spiro atoms. The normalized spacial score (nSPS) is 18.4. The fourth-order valence-electron chi connectivity index (χ4n) is 2.53. The van der Waals surface area contributed by atoms with Crippen LogP contribution in [0.2, 0.25) is 5.15 Å². The van der Waals surface area contributed by atoms with E-state index in [0.717, 1.165) is 25.2 Å². The van der Waals surface area contributed by atoms with Crippen LogP contribution in [0.1, 0.15) is 33.6 Å². The van der Waals surface area contributed by atoms with E-state index in [9.17, 15) is 4.79 Å². The largest absolute Gasteiger partial charge is 0.444 e. The minimum absolute atomic E-state index is 0.119. The minimum Gasteiger partial charge on any atom is -0.444 e. The van der Waals surface area contributed by atoms with E-state index in [1.54, 1.807) is 6.07 Å². The summed E-state index contributed by atoms with van der Waals surface area (Å²) in [5.74, 6) is 0.746. The number of hydrogen-bond donors (Lipinski definition) is 0. The summed E-state index contributed by atoms with van der Waals surface area (Å²) >= 11 is 5.90. The molecule has 0 radical (unpaired) electrons. The Labute approximate surface area is 136 Å². The van der Waals surface area contributed by atoms with Crippen molar-refractivity contribution >= 4 is 23.5 Å². The third-order valence-electron chi connectivity index (χ3n) is 3.50. The van der Waals surface area contributed by atoms with Gasteiger partial charge in [0.1, 0.15) is 22.9 Å². The molecule has 1 amide bonds. The number of aromatic nitrogens is 2. The Balaban J connectivity index is 2.00. The lowest BCUT2D eigenvalue weighted by molar-refractivity contribution is 0.0232. The average molecular weight is 327 g/mol. The fraction of sp³-hybridized carbons (Fsp3) is 0.667. The third kappa shape index (κ3) is 4.47. The number of carbonyl (C=O) groups excluding carboxylic acids is 1. The van der Waals surface area contributed by atoms with Crippen LogP contribution in [0.5, 0.6) is 0 Å². The first kappa shape index (κ1) is 16.8. The Hall–Kier alpha value is -1.56. The zero-order valence-corrected chi connectivity index (χ0v) is 14.3. The maximum atomic E-state index is 12.3. The van der Waals surface area contributed by atoms with Crippen LogP contribution in [0.3, 0.4) is 0 Å². The van der Waals surface area contributed by atoms with Crippen LogP contribution in [0, 0.1) is 0 Å². The second kappa shape index (κ2) is 6.69. The molecule has 1 aliphatic rings. The van der Waals surface area contributed by atoms with Gasteiger partial charge in [0.05, 0.1) is 6.04 Å². The standard InChI is InChI=1S/C15H23ClN4O2/c1-15(2,3)22-14(21)20-7-5-6-11(20)9-19(4)13-8-12(16)17-10-18-13/h8,10-11H,5-7,9H2,1-4H3/t11-/m0/s1. The van der Waals surface area contributed by atoms with Crippen molar-refractivity contribution in [1.82, 2.24) is 14.9 Å². The number of anilines is 1. The molecule has 2 heterocycles. The van der Waals surface area contributed by atoms with Crippen molar-refractivity contribution < 1.29 is 9.53 Å². The number of hydrogen-bond acceptors (Lipinski definition) is 5. The molecule has 122 valence electrons. The highest BCUT2D eigenvalue weighted by Gasteiger charge is 2.32. The van der Waals surface area contributed by atoms with E-state index in [4.69, 9.17) is 16.3 Å². The Morgan fingerprint density at radius 2 is 2.23 bits per heavy atom. The van der Waals surface area contributed by atoms with Crippen LogP contribution in [0.15, 0.2) is 12.4 Å². The van der Waals surface area contributed by atoms with E-state index >= 15 is 0 Å². The maximum Gasteiger partial charge on any atom is 0.410 e. The molecule has 0 saturated carbocycles. The van der Waals surface area contributed by atoms with Crippen LogP contribution in [-0.2, 0) is 4.74 Å². The first-order valence-corrected chi connectivity index (χ1v) is 7.82. The van der Waals surface area contributed by atoms with Gasteiger partial charge in [-0.25, -0.2) is 14.8 Å². The number of nitrogens with zero attached hydrogens (tertiary/aromatic N) is 4. The highest BCUT2D eigenvalue weighted by Crippen LogP contribution is 2.23. The van der Waals surface area contributed by atoms with Crippen molar-refractivity contribution in [3.63, 3.8) is 0 Å². The van der Waals surface area contributed by atoms with Gasteiger partial charge in [-0.15, -0.1) is 0 Å². The van der Waals surface area contributed by atoms with Crippen molar-refractivity contribution in [1.29, 1.82) is 0 Å². The highest BCUT2D eigenvalue weighted by molar-refractivity contribution is 6.29.